The number of nitrogens with zero attached hydrogens (tertiary/aromatic N) is 5. The maximum Gasteiger partial charge on any atom is 0.405 e. The number of pyridine rings is 1. The summed E-state index contributed by atoms with van der Waals surface area (Å²) in [6, 6.07) is 14.8. The molecule has 0 saturated carbocycles. The second kappa shape index (κ2) is 8.14. The molecular weight excluding hydrogens is 469 g/mol. The van der Waals surface area contributed by atoms with Crippen LogP contribution in [0, 0.1) is 0 Å². The van der Waals surface area contributed by atoms with Crippen molar-refractivity contribution >= 4 is 39.5 Å². The Morgan fingerprint density at radius 3 is 2.47 bits per heavy atom. The highest BCUT2D eigenvalue weighted by atomic mass is 35.5. The molecular formula is C23H16ClF3N6O. The molecule has 172 valence electrons. The first-order chi connectivity index (χ1) is 16.2. The molecule has 0 radical (unpaired) electrons. The van der Waals surface area contributed by atoms with Gasteiger partial charge in [0.25, 0.3) is 5.56 Å². The van der Waals surface area contributed by atoms with Gasteiger partial charge in [-0.25, -0.2) is 9.97 Å². The maximum absolute atomic E-state index is 13.6. The average molecular weight is 485 g/mol. The summed E-state index contributed by atoms with van der Waals surface area (Å²) < 4.78 is 41.0. The first-order valence-electron chi connectivity index (χ1n) is 10.1. The molecule has 5 rings (SSSR count). The SMILES string of the molecule is Cn1cc2cc(-c3nc4ccc(NCC(F)(F)F)nc4n(-c4ccc(Cl)cc4)c3=O)ccc2n1. The third-order valence-corrected chi connectivity index (χ3v) is 5.40. The molecule has 0 bridgehead atoms. The maximum atomic E-state index is 13.6. The fraction of sp³-hybridized carbons (Fsp3) is 0.130. The molecule has 2 aromatic carbocycles. The summed E-state index contributed by atoms with van der Waals surface area (Å²) >= 11 is 6.01. The summed E-state index contributed by atoms with van der Waals surface area (Å²) in [6.45, 7) is -1.26. The number of anilines is 1. The first kappa shape index (κ1) is 21.9. The molecule has 0 aliphatic heterocycles. The number of nitrogens with one attached hydrogen (secondary N) is 1. The van der Waals surface area contributed by atoms with Crippen LogP contribution in [0.1, 0.15) is 0 Å². The number of hydrogen-bond acceptors (Lipinski definition) is 5. The predicted octanol–water partition coefficient (Wildman–Crippen LogP) is 4.96. The Balaban J connectivity index is 1.73. The summed E-state index contributed by atoms with van der Waals surface area (Å²) in [5, 5.41) is 7.89. The highest BCUT2D eigenvalue weighted by molar-refractivity contribution is 6.30. The van der Waals surface area contributed by atoms with E-state index in [2.05, 4.69) is 20.4 Å². The van der Waals surface area contributed by atoms with E-state index in [-0.39, 0.29) is 17.2 Å². The fourth-order valence-electron chi connectivity index (χ4n) is 3.67. The van der Waals surface area contributed by atoms with Gasteiger partial charge in [0.2, 0.25) is 0 Å². The lowest BCUT2D eigenvalue weighted by molar-refractivity contribution is -0.115. The van der Waals surface area contributed by atoms with E-state index in [1.807, 2.05) is 12.3 Å². The Kier molecular flexibility index (Phi) is 5.24. The topological polar surface area (TPSA) is 77.6 Å². The quantitative estimate of drug-likeness (QED) is 0.390. The van der Waals surface area contributed by atoms with Crippen molar-refractivity contribution in [3.8, 4) is 16.9 Å². The van der Waals surface area contributed by atoms with Gasteiger partial charge in [-0.2, -0.15) is 18.3 Å². The van der Waals surface area contributed by atoms with Crippen LogP contribution in [0.4, 0.5) is 19.0 Å². The number of hydrogen-bond donors (Lipinski definition) is 1. The molecule has 0 fully saturated rings. The minimum Gasteiger partial charge on any atom is -0.361 e. The highest BCUT2D eigenvalue weighted by Crippen LogP contribution is 2.25. The zero-order valence-corrected chi connectivity index (χ0v) is 18.4. The van der Waals surface area contributed by atoms with Crippen molar-refractivity contribution in [3.05, 3.63) is 76.2 Å². The van der Waals surface area contributed by atoms with Gasteiger partial charge in [0.05, 0.1) is 11.2 Å². The molecule has 3 heterocycles. The predicted molar refractivity (Wildman–Crippen MR) is 124 cm³/mol. The van der Waals surface area contributed by atoms with Crippen molar-refractivity contribution in [1.29, 1.82) is 0 Å². The lowest BCUT2D eigenvalue weighted by atomic mass is 10.1. The van der Waals surface area contributed by atoms with Gasteiger partial charge in [0, 0.05) is 29.2 Å². The molecule has 0 aliphatic carbocycles. The van der Waals surface area contributed by atoms with Crippen LogP contribution in [-0.4, -0.2) is 37.0 Å². The zero-order valence-electron chi connectivity index (χ0n) is 17.6. The van der Waals surface area contributed by atoms with E-state index in [1.165, 1.54) is 16.7 Å². The van der Waals surface area contributed by atoms with Crippen LogP contribution in [-0.2, 0) is 7.05 Å². The Morgan fingerprint density at radius 1 is 1.00 bits per heavy atom. The second-order valence-corrected chi connectivity index (χ2v) is 8.10. The molecule has 11 heteroatoms. The molecule has 0 unspecified atom stereocenters. The van der Waals surface area contributed by atoms with Gasteiger partial charge in [-0.05, 0) is 48.5 Å². The monoisotopic (exact) mass is 484 g/mol. The van der Waals surface area contributed by atoms with Gasteiger partial charge in [-0.3, -0.25) is 14.0 Å². The molecule has 5 aromatic rings. The lowest BCUT2D eigenvalue weighted by Crippen LogP contribution is -2.24. The molecule has 0 saturated heterocycles. The van der Waals surface area contributed by atoms with Crippen LogP contribution < -0.4 is 10.9 Å². The van der Waals surface area contributed by atoms with Crippen LogP contribution in [0.2, 0.25) is 5.02 Å². The van der Waals surface area contributed by atoms with Crippen molar-refractivity contribution < 1.29 is 13.2 Å². The first-order valence-corrected chi connectivity index (χ1v) is 10.5. The van der Waals surface area contributed by atoms with Gasteiger partial charge in [-0.15, -0.1) is 0 Å². The van der Waals surface area contributed by atoms with Crippen LogP contribution in [0.3, 0.4) is 0 Å². The van der Waals surface area contributed by atoms with Crippen LogP contribution in [0.15, 0.2) is 65.6 Å². The van der Waals surface area contributed by atoms with Crippen molar-refractivity contribution in [2.24, 2.45) is 7.05 Å². The van der Waals surface area contributed by atoms with E-state index >= 15 is 0 Å². The zero-order chi connectivity index (χ0) is 24.0. The number of aromatic nitrogens is 5. The molecule has 34 heavy (non-hydrogen) atoms. The molecule has 0 amide bonds. The van der Waals surface area contributed by atoms with Crippen LogP contribution in [0.5, 0.6) is 0 Å². The van der Waals surface area contributed by atoms with Crippen molar-refractivity contribution in [2.75, 3.05) is 11.9 Å². The molecule has 0 atom stereocenters. The Hall–Kier alpha value is -3.92. The summed E-state index contributed by atoms with van der Waals surface area (Å²) in [5.41, 5.74) is 1.95. The van der Waals surface area contributed by atoms with Gasteiger partial charge in [0.1, 0.15) is 23.6 Å². The van der Waals surface area contributed by atoms with Crippen LogP contribution in [0.25, 0.3) is 39.0 Å². The minimum absolute atomic E-state index is 0.0294. The van der Waals surface area contributed by atoms with Gasteiger partial charge in [-0.1, -0.05) is 17.7 Å². The number of aryl methyl sites for hydroxylation is 1. The minimum atomic E-state index is -4.42. The van der Waals surface area contributed by atoms with Gasteiger partial charge >= 0.3 is 6.18 Å². The normalized spacial score (nSPS) is 11.9. The molecule has 3 aromatic heterocycles. The van der Waals surface area contributed by atoms with E-state index in [4.69, 9.17) is 11.6 Å². The van der Waals surface area contributed by atoms with Gasteiger partial charge in [0.15, 0.2) is 5.65 Å². The number of benzene rings is 2. The molecule has 1 N–H and O–H groups in total. The van der Waals surface area contributed by atoms with Crippen LogP contribution >= 0.6 is 11.6 Å². The number of alkyl halides is 3. The summed E-state index contributed by atoms with van der Waals surface area (Å²) in [5.74, 6) is -0.0294. The number of rotatable bonds is 4. The second-order valence-electron chi connectivity index (χ2n) is 7.66. The Bertz CT molecular complexity index is 1590. The standard InChI is InChI=1S/C23H16ClF3N6O/c1-32-11-14-10-13(2-7-17(14)31-32)20-22(34)33(16-5-3-15(24)4-6-16)21-18(29-20)8-9-19(30-21)28-12-23(25,26)27/h2-11H,12H2,1H3,(H,28,30). The van der Waals surface area contributed by atoms with E-state index < -0.39 is 18.3 Å². The summed E-state index contributed by atoms with van der Waals surface area (Å²) in [7, 11) is 1.80. The van der Waals surface area contributed by atoms with Crippen molar-refractivity contribution in [1.82, 2.24) is 24.3 Å². The average Bonchev–Trinajstić information content (AvgIpc) is 3.17. The van der Waals surface area contributed by atoms with Gasteiger partial charge < -0.3 is 5.32 Å². The lowest BCUT2D eigenvalue weighted by Gasteiger charge is -2.14. The molecule has 0 spiro atoms. The van der Waals surface area contributed by atoms with E-state index in [0.29, 0.717) is 21.8 Å². The Morgan fingerprint density at radius 2 is 1.74 bits per heavy atom. The summed E-state index contributed by atoms with van der Waals surface area (Å²) in [4.78, 5) is 22.4. The highest BCUT2D eigenvalue weighted by Gasteiger charge is 2.27. The third-order valence-electron chi connectivity index (χ3n) is 5.15. The number of halogens is 4. The Labute approximate surface area is 195 Å². The smallest absolute Gasteiger partial charge is 0.361 e. The van der Waals surface area contributed by atoms with E-state index in [0.717, 1.165) is 10.9 Å². The largest absolute Gasteiger partial charge is 0.405 e. The third kappa shape index (κ3) is 4.19. The molecule has 7 nitrogen and oxygen atoms in total. The molecule has 0 aliphatic rings. The van der Waals surface area contributed by atoms with Crippen molar-refractivity contribution in [2.45, 2.75) is 6.18 Å². The van der Waals surface area contributed by atoms with E-state index in [9.17, 15) is 18.0 Å². The summed E-state index contributed by atoms with van der Waals surface area (Å²) in [6.07, 6.45) is -2.59. The number of fused-ring (bicyclic) bond motifs is 2. The fourth-order valence-corrected chi connectivity index (χ4v) is 3.79. The van der Waals surface area contributed by atoms with Crippen molar-refractivity contribution in [3.63, 3.8) is 0 Å². The van der Waals surface area contributed by atoms with E-state index in [1.54, 1.807) is 48.1 Å².